The minimum absolute atomic E-state index is 0.675. The van der Waals surface area contributed by atoms with Gasteiger partial charge in [-0.3, -0.25) is 0 Å². The molecule has 1 N–H and O–H groups in total. The van der Waals surface area contributed by atoms with Gasteiger partial charge in [0.2, 0.25) is 0 Å². The first kappa shape index (κ1) is 18.2. The van der Waals surface area contributed by atoms with Crippen molar-refractivity contribution >= 4 is 0 Å². The quantitative estimate of drug-likeness (QED) is 0.623. The summed E-state index contributed by atoms with van der Waals surface area (Å²) < 4.78 is 0. The lowest BCUT2D eigenvalue weighted by atomic mass is 10.0. The van der Waals surface area contributed by atoms with Crippen LogP contribution in [0.1, 0.15) is 52.0 Å². The zero-order valence-corrected chi connectivity index (χ0v) is 14.3. The Hall–Kier alpha value is -0.860. The normalized spacial score (nSPS) is 12.8. The van der Waals surface area contributed by atoms with Gasteiger partial charge in [0.15, 0.2) is 0 Å². The molecule has 0 spiro atoms. The van der Waals surface area contributed by atoms with Gasteiger partial charge < -0.3 is 10.2 Å². The van der Waals surface area contributed by atoms with E-state index in [0.29, 0.717) is 6.04 Å². The maximum atomic E-state index is 3.73. The Morgan fingerprint density at radius 3 is 2.33 bits per heavy atom. The van der Waals surface area contributed by atoms with Crippen LogP contribution in [0.3, 0.4) is 0 Å². The maximum Gasteiger partial charge on any atom is 0.00793 e. The van der Waals surface area contributed by atoms with Gasteiger partial charge >= 0.3 is 0 Å². The van der Waals surface area contributed by atoms with E-state index >= 15 is 0 Å². The van der Waals surface area contributed by atoms with Gasteiger partial charge in [-0.25, -0.2) is 0 Å². The van der Waals surface area contributed by atoms with Crippen LogP contribution in [-0.4, -0.2) is 37.1 Å². The summed E-state index contributed by atoms with van der Waals surface area (Å²) >= 11 is 0. The molecular weight excluding hydrogens is 256 g/mol. The number of hydrogen-bond acceptors (Lipinski definition) is 2. The molecule has 0 aliphatic heterocycles. The summed E-state index contributed by atoms with van der Waals surface area (Å²) in [6.07, 6.45) is 6.27. The number of aryl methyl sites for hydroxylation is 1. The highest BCUT2D eigenvalue weighted by Crippen LogP contribution is 2.09. The second-order valence-corrected chi connectivity index (χ2v) is 5.84. The molecule has 0 heterocycles. The van der Waals surface area contributed by atoms with E-state index < -0.39 is 0 Å². The molecule has 21 heavy (non-hydrogen) atoms. The molecule has 120 valence electrons. The second-order valence-electron chi connectivity index (χ2n) is 5.84. The minimum atomic E-state index is 0.675. The Morgan fingerprint density at radius 1 is 1.00 bits per heavy atom. The Bertz CT molecular complexity index is 333. The summed E-state index contributed by atoms with van der Waals surface area (Å²) in [5.74, 6) is 0. The van der Waals surface area contributed by atoms with E-state index in [9.17, 15) is 0 Å². The predicted molar refractivity (Wildman–Crippen MR) is 93.9 cm³/mol. The molecule has 0 amide bonds. The summed E-state index contributed by atoms with van der Waals surface area (Å²) in [5.41, 5.74) is 1.47. The largest absolute Gasteiger partial charge is 0.314 e. The molecule has 1 aromatic rings. The van der Waals surface area contributed by atoms with Gasteiger partial charge in [-0.15, -0.1) is 0 Å². The van der Waals surface area contributed by atoms with Gasteiger partial charge in [-0.05, 0) is 63.8 Å². The Labute approximate surface area is 131 Å². The van der Waals surface area contributed by atoms with Gasteiger partial charge in [0, 0.05) is 6.04 Å². The lowest BCUT2D eigenvalue weighted by Crippen LogP contribution is -2.35. The average molecular weight is 290 g/mol. The van der Waals surface area contributed by atoms with E-state index in [0.717, 1.165) is 6.54 Å². The predicted octanol–water partition coefficient (Wildman–Crippen LogP) is 4.11. The third kappa shape index (κ3) is 8.23. The lowest BCUT2D eigenvalue weighted by Gasteiger charge is -2.23. The third-order valence-corrected chi connectivity index (χ3v) is 4.23. The number of hydrogen-bond donors (Lipinski definition) is 1. The third-order valence-electron chi connectivity index (χ3n) is 4.23. The first-order valence-corrected chi connectivity index (χ1v) is 8.79. The van der Waals surface area contributed by atoms with E-state index in [2.05, 4.69) is 61.3 Å². The van der Waals surface area contributed by atoms with Crippen molar-refractivity contribution in [1.29, 1.82) is 0 Å². The zero-order valence-electron chi connectivity index (χ0n) is 14.3. The highest BCUT2D eigenvalue weighted by molar-refractivity contribution is 5.14. The molecule has 0 bridgehead atoms. The number of nitrogens with zero attached hydrogens (tertiary/aromatic N) is 1. The standard InChI is InChI=1S/C19H34N2/c1-4-16-20-19(15-17-21(5-2)6-3)14-10-13-18-11-8-7-9-12-18/h7-9,11-12,19-20H,4-6,10,13-17H2,1-3H3. The Balaban J connectivity index is 2.31. The Kier molecular flexibility index (Phi) is 10.2. The van der Waals surface area contributed by atoms with Crippen molar-refractivity contribution in [2.45, 2.75) is 58.9 Å². The maximum absolute atomic E-state index is 3.73. The molecule has 2 nitrogen and oxygen atoms in total. The first-order chi connectivity index (χ1) is 10.3. The van der Waals surface area contributed by atoms with Gasteiger partial charge in [0.05, 0.1) is 0 Å². The molecule has 0 aliphatic carbocycles. The monoisotopic (exact) mass is 290 g/mol. The van der Waals surface area contributed by atoms with Crippen LogP contribution in [0, 0.1) is 0 Å². The van der Waals surface area contributed by atoms with Gasteiger partial charge in [0.1, 0.15) is 0 Å². The molecule has 1 rings (SSSR count). The highest BCUT2D eigenvalue weighted by Gasteiger charge is 2.09. The summed E-state index contributed by atoms with van der Waals surface area (Å²) in [4.78, 5) is 2.53. The summed E-state index contributed by atoms with van der Waals surface area (Å²) in [6.45, 7) is 11.5. The smallest absolute Gasteiger partial charge is 0.00793 e. The molecule has 1 aromatic carbocycles. The molecular formula is C19H34N2. The van der Waals surface area contributed by atoms with Crippen LogP contribution in [-0.2, 0) is 6.42 Å². The van der Waals surface area contributed by atoms with Crippen molar-refractivity contribution in [3.63, 3.8) is 0 Å². The van der Waals surface area contributed by atoms with E-state index in [4.69, 9.17) is 0 Å². The van der Waals surface area contributed by atoms with Crippen LogP contribution >= 0.6 is 0 Å². The number of benzene rings is 1. The molecule has 0 fully saturated rings. The van der Waals surface area contributed by atoms with Gasteiger partial charge in [0.25, 0.3) is 0 Å². The number of nitrogens with one attached hydrogen (secondary N) is 1. The van der Waals surface area contributed by atoms with Crippen molar-refractivity contribution in [2.24, 2.45) is 0 Å². The number of rotatable bonds is 12. The van der Waals surface area contributed by atoms with Crippen LogP contribution in [0.2, 0.25) is 0 Å². The summed E-state index contributed by atoms with van der Waals surface area (Å²) in [5, 5.41) is 3.73. The fourth-order valence-electron chi connectivity index (χ4n) is 2.77. The van der Waals surface area contributed by atoms with Crippen LogP contribution in [0.25, 0.3) is 0 Å². The zero-order chi connectivity index (χ0) is 15.3. The first-order valence-electron chi connectivity index (χ1n) is 8.79. The molecule has 0 radical (unpaired) electrons. The van der Waals surface area contributed by atoms with E-state index in [1.54, 1.807) is 0 Å². The van der Waals surface area contributed by atoms with Crippen LogP contribution in [0.5, 0.6) is 0 Å². The van der Waals surface area contributed by atoms with E-state index in [1.807, 2.05) is 0 Å². The van der Waals surface area contributed by atoms with Crippen molar-refractivity contribution in [1.82, 2.24) is 10.2 Å². The van der Waals surface area contributed by atoms with E-state index in [-0.39, 0.29) is 0 Å². The fourth-order valence-corrected chi connectivity index (χ4v) is 2.77. The summed E-state index contributed by atoms with van der Waals surface area (Å²) in [6, 6.07) is 11.5. The van der Waals surface area contributed by atoms with Crippen molar-refractivity contribution in [3.05, 3.63) is 35.9 Å². The fraction of sp³-hybridized carbons (Fsp3) is 0.684. The van der Waals surface area contributed by atoms with Crippen LogP contribution in [0.15, 0.2) is 30.3 Å². The molecule has 0 saturated heterocycles. The topological polar surface area (TPSA) is 15.3 Å². The minimum Gasteiger partial charge on any atom is -0.314 e. The summed E-state index contributed by atoms with van der Waals surface area (Å²) in [7, 11) is 0. The SMILES string of the molecule is CCCNC(CCCc1ccccc1)CCN(CC)CC. The molecule has 1 atom stereocenters. The lowest BCUT2D eigenvalue weighted by molar-refractivity contribution is 0.276. The highest BCUT2D eigenvalue weighted by atomic mass is 15.1. The average Bonchev–Trinajstić information content (AvgIpc) is 2.53. The van der Waals surface area contributed by atoms with Crippen molar-refractivity contribution in [2.75, 3.05) is 26.2 Å². The molecule has 0 aromatic heterocycles. The van der Waals surface area contributed by atoms with Crippen molar-refractivity contribution in [3.8, 4) is 0 Å². The molecule has 0 aliphatic rings. The van der Waals surface area contributed by atoms with Crippen LogP contribution in [0.4, 0.5) is 0 Å². The van der Waals surface area contributed by atoms with Crippen LogP contribution < -0.4 is 5.32 Å². The van der Waals surface area contributed by atoms with Gasteiger partial charge in [-0.1, -0.05) is 51.1 Å². The second kappa shape index (κ2) is 11.8. The molecule has 1 unspecified atom stereocenters. The van der Waals surface area contributed by atoms with Gasteiger partial charge in [-0.2, -0.15) is 0 Å². The Morgan fingerprint density at radius 2 is 1.71 bits per heavy atom. The molecule has 0 saturated carbocycles. The molecule has 2 heteroatoms. The van der Waals surface area contributed by atoms with Crippen molar-refractivity contribution < 1.29 is 0 Å². The van der Waals surface area contributed by atoms with E-state index in [1.165, 1.54) is 57.3 Å².